The summed E-state index contributed by atoms with van der Waals surface area (Å²) in [4.78, 5) is 8.00. The van der Waals surface area contributed by atoms with Gasteiger partial charge < -0.3 is 34.4 Å². The third-order valence-electron chi connectivity index (χ3n) is 5.84. The van der Waals surface area contributed by atoms with E-state index in [2.05, 4.69) is 49.6 Å². The SMILES string of the molecule is C=O.CNC.COc1c(O)ccc2c1-c1ccc3c(c1/C(=C/c1occc1C)O2)C(C)=CC(C)(C)N3. The first kappa shape index (κ1) is 26.6. The summed E-state index contributed by atoms with van der Waals surface area (Å²) in [5.41, 5.74) is 6.77. The average molecular weight is 491 g/mol. The third kappa shape index (κ3) is 4.88. The van der Waals surface area contributed by atoms with Gasteiger partial charge in [-0.05, 0) is 77.2 Å². The van der Waals surface area contributed by atoms with Crippen LogP contribution < -0.4 is 20.1 Å². The number of phenolic OH excluding ortho intramolecular Hbond substituents is 1. The molecule has 2 aliphatic heterocycles. The highest BCUT2D eigenvalue weighted by Crippen LogP contribution is 2.54. The van der Waals surface area contributed by atoms with Crippen molar-refractivity contribution in [3.05, 3.63) is 65.1 Å². The minimum Gasteiger partial charge on any atom is -0.504 e. The first-order valence-electron chi connectivity index (χ1n) is 11.6. The highest BCUT2D eigenvalue weighted by Gasteiger charge is 2.33. The third-order valence-corrected chi connectivity index (χ3v) is 5.84. The number of ether oxygens (including phenoxy) is 2. The lowest BCUT2D eigenvalue weighted by Crippen LogP contribution is -2.32. The number of benzene rings is 2. The van der Waals surface area contributed by atoms with Crippen molar-refractivity contribution in [1.29, 1.82) is 0 Å². The Balaban J connectivity index is 0.000000674. The average Bonchev–Trinajstić information content (AvgIpc) is 3.24. The van der Waals surface area contributed by atoms with Gasteiger partial charge in [-0.1, -0.05) is 12.1 Å². The zero-order chi connectivity index (χ0) is 26.6. The Morgan fingerprint density at radius 3 is 2.36 bits per heavy atom. The van der Waals surface area contributed by atoms with Crippen LogP contribution in [0.5, 0.6) is 17.2 Å². The number of methoxy groups -OCH3 is 1. The molecule has 5 rings (SSSR count). The molecule has 0 bridgehead atoms. The summed E-state index contributed by atoms with van der Waals surface area (Å²) in [6, 6.07) is 9.43. The van der Waals surface area contributed by atoms with E-state index in [1.54, 1.807) is 25.5 Å². The van der Waals surface area contributed by atoms with E-state index in [4.69, 9.17) is 18.7 Å². The van der Waals surface area contributed by atoms with Crippen molar-refractivity contribution in [2.24, 2.45) is 0 Å². The number of carbonyl (C=O) groups is 1. The second-order valence-corrected chi connectivity index (χ2v) is 9.15. The first-order valence-corrected chi connectivity index (χ1v) is 11.6. The highest BCUT2D eigenvalue weighted by atomic mass is 16.5. The molecule has 0 radical (unpaired) electrons. The molecule has 0 aliphatic carbocycles. The summed E-state index contributed by atoms with van der Waals surface area (Å²) in [7, 11) is 5.31. The fourth-order valence-corrected chi connectivity index (χ4v) is 4.60. The second kappa shape index (κ2) is 10.7. The van der Waals surface area contributed by atoms with Gasteiger partial charge in [0.05, 0.1) is 24.5 Å². The number of hydrogen-bond acceptors (Lipinski definition) is 7. The molecule has 0 unspecified atom stereocenters. The molecule has 2 aromatic carbocycles. The minimum atomic E-state index is -0.157. The van der Waals surface area contributed by atoms with Crippen molar-refractivity contribution in [2.75, 3.05) is 26.5 Å². The number of aromatic hydroxyl groups is 1. The Hall–Kier alpha value is -3.97. The number of rotatable bonds is 2. The minimum absolute atomic E-state index is 0.0781. The number of furan rings is 1. The Bertz CT molecular complexity index is 1320. The van der Waals surface area contributed by atoms with E-state index >= 15 is 0 Å². The predicted molar refractivity (Wildman–Crippen MR) is 145 cm³/mol. The molecule has 3 N–H and O–H groups in total. The molecule has 0 fully saturated rings. The monoisotopic (exact) mass is 490 g/mol. The van der Waals surface area contributed by atoms with Gasteiger partial charge in [-0.25, -0.2) is 0 Å². The van der Waals surface area contributed by atoms with E-state index in [0.29, 0.717) is 17.3 Å². The first-order chi connectivity index (χ1) is 17.2. The molecule has 7 nitrogen and oxygen atoms in total. The van der Waals surface area contributed by atoms with Gasteiger partial charge in [-0.3, -0.25) is 0 Å². The zero-order valence-corrected chi connectivity index (χ0v) is 21.9. The molecule has 3 aromatic rings. The van der Waals surface area contributed by atoms with Crippen LogP contribution in [0.15, 0.2) is 47.1 Å². The second-order valence-electron chi connectivity index (χ2n) is 9.15. The van der Waals surface area contributed by atoms with E-state index in [9.17, 15) is 5.11 Å². The summed E-state index contributed by atoms with van der Waals surface area (Å²) in [5, 5.41) is 16.8. The normalized spacial score (nSPS) is 15.3. The van der Waals surface area contributed by atoms with Crippen LogP contribution in [-0.4, -0.2) is 38.6 Å². The lowest BCUT2D eigenvalue weighted by Gasteiger charge is -2.35. The molecule has 0 amide bonds. The largest absolute Gasteiger partial charge is 0.504 e. The summed E-state index contributed by atoms with van der Waals surface area (Å²) in [6.45, 7) is 10.4. The van der Waals surface area contributed by atoms with Crippen LogP contribution in [0.2, 0.25) is 0 Å². The number of anilines is 1. The Labute approximate surface area is 212 Å². The summed E-state index contributed by atoms with van der Waals surface area (Å²) in [5.74, 6) is 2.55. The Morgan fingerprint density at radius 1 is 1.06 bits per heavy atom. The van der Waals surface area contributed by atoms with Crippen molar-refractivity contribution >= 4 is 29.9 Å². The predicted octanol–water partition coefficient (Wildman–Crippen LogP) is 6.12. The van der Waals surface area contributed by atoms with Crippen LogP contribution in [-0.2, 0) is 4.79 Å². The number of nitrogens with one attached hydrogen (secondary N) is 2. The van der Waals surface area contributed by atoms with Crippen molar-refractivity contribution < 1.29 is 23.8 Å². The highest BCUT2D eigenvalue weighted by molar-refractivity contribution is 6.02. The molecule has 36 heavy (non-hydrogen) atoms. The molecule has 0 spiro atoms. The topological polar surface area (TPSA) is 93.0 Å². The summed E-state index contributed by atoms with van der Waals surface area (Å²) in [6.07, 6.45) is 5.83. The fraction of sp³-hybridized carbons (Fsp3) is 0.276. The van der Waals surface area contributed by atoms with Gasteiger partial charge in [-0.15, -0.1) is 0 Å². The van der Waals surface area contributed by atoms with E-state index in [1.165, 1.54) is 0 Å². The van der Waals surface area contributed by atoms with Gasteiger partial charge in [0, 0.05) is 28.5 Å². The van der Waals surface area contributed by atoms with Crippen molar-refractivity contribution in [1.82, 2.24) is 5.32 Å². The van der Waals surface area contributed by atoms with E-state index in [-0.39, 0.29) is 11.3 Å². The van der Waals surface area contributed by atoms with Gasteiger partial charge in [0.15, 0.2) is 11.5 Å². The summed E-state index contributed by atoms with van der Waals surface area (Å²) < 4.78 is 17.7. The number of carbonyl (C=O) groups excluding carboxylic acids is 1. The summed E-state index contributed by atoms with van der Waals surface area (Å²) >= 11 is 0. The quantitative estimate of drug-likeness (QED) is 0.399. The number of allylic oxidation sites excluding steroid dienone is 1. The molecule has 0 saturated carbocycles. The standard InChI is InChI=1S/C26H25NO4.C2H7N.CH2O/c1-14-10-11-30-20(14)12-21-23-16(24-19(31-21)9-8-18(28)25(24)29-5)6-7-17-22(23)15(2)13-26(3,4)27-17;1-3-2;1-2/h6-13,27-28H,1-5H3;3H,1-2H3;1H2/b21-12-;;. The molecule has 0 atom stereocenters. The van der Waals surface area contributed by atoms with Gasteiger partial charge in [0.25, 0.3) is 0 Å². The Morgan fingerprint density at radius 2 is 1.75 bits per heavy atom. The lowest BCUT2D eigenvalue weighted by atomic mass is 9.83. The maximum atomic E-state index is 10.4. The number of hydrogen-bond donors (Lipinski definition) is 3. The van der Waals surface area contributed by atoms with Crippen molar-refractivity contribution in [3.63, 3.8) is 0 Å². The van der Waals surface area contributed by atoms with Gasteiger partial charge >= 0.3 is 0 Å². The number of aryl methyl sites for hydroxylation is 1. The molecule has 3 heterocycles. The van der Waals surface area contributed by atoms with Gasteiger partial charge in [-0.2, -0.15) is 0 Å². The number of phenols is 1. The van der Waals surface area contributed by atoms with Crippen molar-refractivity contribution in [3.8, 4) is 28.4 Å². The van der Waals surface area contributed by atoms with Crippen LogP contribution >= 0.6 is 0 Å². The molecule has 190 valence electrons. The number of fused-ring (bicyclic) bond motifs is 5. The van der Waals surface area contributed by atoms with Crippen molar-refractivity contribution in [2.45, 2.75) is 33.2 Å². The molecular weight excluding hydrogens is 456 g/mol. The van der Waals surface area contributed by atoms with Crippen LogP contribution in [0.4, 0.5) is 5.69 Å². The van der Waals surface area contributed by atoms with E-state index in [0.717, 1.165) is 44.8 Å². The molecule has 1 aromatic heterocycles. The van der Waals surface area contributed by atoms with E-state index in [1.807, 2.05) is 40.0 Å². The van der Waals surface area contributed by atoms with Gasteiger partial charge in [0.1, 0.15) is 24.1 Å². The maximum Gasteiger partial charge on any atom is 0.172 e. The van der Waals surface area contributed by atoms with Crippen LogP contribution in [0.3, 0.4) is 0 Å². The van der Waals surface area contributed by atoms with Gasteiger partial charge in [0.2, 0.25) is 0 Å². The molecular formula is C29H34N2O5. The molecule has 2 aliphatic rings. The Kier molecular flexibility index (Phi) is 7.95. The van der Waals surface area contributed by atoms with Crippen LogP contribution in [0.25, 0.3) is 28.5 Å². The van der Waals surface area contributed by atoms with E-state index < -0.39 is 0 Å². The smallest absolute Gasteiger partial charge is 0.172 e. The molecule has 7 heteroatoms. The molecule has 0 saturated heterocycles. The maximum absolute atomic E-state index is 10.4. The van der Waals surface area contributed by atoms with Crippen LogP contribution in [0, 0.1) is 6.92 Å². The zero-order valence-electron chi connectivity index (χ0n) is 21.9. The van der Waals surface area contributed by atoms with Crippen LogP contribution in [0.1, 0.15) is 43.2 Å². The fourth-order valence-electron chi connectivity index (χ4n) is 4.60. The lowest BCUT2D eigenvalue weighted by molar-refractivity contribution is -0.0980.